The first-order valence-electron chi connectivity index (χ1n) is 11.2. The number of fused-ring (bicyclic) bond motifs is 4. The van der Waals surface area contributed by atoms with Crippen LogP contribution in [0.1, 0.15) is 77.8 Å². The highest BCUT2D eigenvalue weighted by Gasteiger charge is 2.44. The molecule has 28 heavy (non-hydrogen) atoms. The lowest BCUT2D eigenvalue weighted by Crippen LogP contribution is -2.50. The van der Waals surface area contributed by atoms with Crippen LogP contribution >= 0.6 is 0 Å². The van der Waals surface area contributed by atoms with Crippen molar-refractivity contribution in [1.29, 1.82) is 0 Å². The van der Waals surface area contributed by atoms with E-state index in [9.17, 15) is 8.42 Å². The fraction of sp³-hybridized carbons (Fsp3) is 0.739. The number of likely N-dealkylation sites (tertiary alicyclic amines) is 1. The van der Waals surface area contributed by atoms with Crippen LogP contribution in [0.4, 0.5) is 0 Å². The predicted octanol–water partition coefficient (Wildman–Crippen LogP) is 4.48. The largest absolute Gasteiger partial charge is 0.300 e. The number of benzene rings is 1. The van der Waals surface area contributed by atoms with E-state index in [0.717, 1.165) is 30.7 Å². The number of piperidine rings is 1. The molecular weight excluding hydrogens is 368 g/mol. The smallest absolute Gasteiger partial charge is 0.209 e. The molecule has 4 aliphatic rings. The molecule has 1 spiro atoms. The van der Waals surface area contributed by atoms with E-state index in [1.54, 1.807) is 0 Å². The van der Waals surface area contributed by atoms with Crippen LogP contribution < -0.4 is 4.72 Å². The number of sulfonamides is 1. The van der Waals surface area contributed by atoms with Crippen LogP contribution in [0, 0.1) is 11.8 Å². The summed E-state index contributed by atoms with van der Waals surface area (Å²) in [5.41, 5.74) is 2.87. The lowest BCUT2D eigenvalue weighted by atomic mass is 9.63. The molecule has 1 aliphatic heterocycles. The Kier molecular flexibility index (Phi) is 4.84. The number of hydrogen-bond donors (Lipinski definition) is 1. The van der Waals surface area contributed by atoms with Crippen LogP contribution in [-0.4, -0.2) is 38.7 Å². The Balaban J connectivity index is 0.00000128. The summed E-state index contributed by atoms with van der Waals surface area (Å²) in [4.78, 5) is 2.80. The van der Waals surface area contributed by atoms with E-state index in [1.807, 2.05) is 0 Å². The molecule has 1 aromatic carbocycles. The lowest BCUT2D eigenvalue weighted by Gasteiger charge is -2.49. The van der Waals surface area contributed by atoms with Crippen molar-refractivity contribution >= 4 is 10.0 Å². The summed E-state index contributed by atoms with van der Waals surface area (Å²) in [5.74, 6) is 2.00. The number of hydrogen-bond acceptors (Lipinski definition) is 3. The molecule has 2 saturated carbocycles. The first-order valence-corrected chi connectivity index (χ1v) is 13.1. The summed E-state index contributed by atoms with van der Waals surface area (Å²) < 4.78 is 26.5. The number of nitrogens with one attached hydrogen (secondary N) is 1. The van der Waals surface area contributed by atoms with Gasteiger partial charge in [0, 0.05) is 14.9 Å². The van der Waals surface area contributed by atoms with E-state index in [2.05, 4.69) is 33.9 Å². The zero-order valence-corrected chi connectivity index (χ0v) is 17.9. The maximum atomic E-state index is 11.8. The van der Waals surface area contributed by atoms with Crippen molar-refractivity contribution in [3.63, 3.8) is 0 Å². The van der Waals surface area contributed by atoms with Crippen molar-refractivity contribution in [2.24, 2.45) is 11.8 Å². The maximum absolute atomic E-state index is 11.8. The van der Waals surface area contributed by atoms with Gasteiger partial charge in [0.25, 0.3) is 0 Å². The van der Waals surface area contributed by atoms with Crippen LogP contribution in [0.3, 0.4) is 0 Å². The van der Waals surface area contributed by atoms with E-state index in [1.165, 1.54) is 75.4 Å². The first-order chi connectivity index (χ1) is 13.4. The minimum absolute atomic E-state index is 0. The second-order valence-electron chi connectivity index (χ2n) is 10.1. The Morgan fingerprint density at radius 1 is 1.00 bits per heavy atom. The molecule has 0 amide bonds. The Labute approximate surface area is 173 Å². The van der Waals surface area contributed by atoms with Gasteiger partial charge in [-0.05, 0) is 86.4 Å². The van der Waals surface area contributed by atoms with E-state index >= 15 is 0 Å². The Hall–Kier alpha value is -0.910. The molecule has 4 atom stereocenters. The molecular formula is C23H38N2O2S. The van der Waals surface area contributed by atoms with Gasteiger partial charge in [-0.1, -0.05) is 37.1 Å². The van der Waals surface area contributed by atoms with Gasteiger partial charge >= 0.3 is 0 Å². The highest BCUT2D eigenvalue weighted by Crippen LogP contribution is 2.50. The third kappa shape index (κ3) is 3.54. The van der Waals surface area contributed by atoms with Crippen LogP contribution in [0.25, 0.3) is 0 Å². The van der Waals surface area contributed by atoms with Gasteiger partial charge in [0.2, 0.25) is 10.0 Å². The Morgan fingerprint density at radius 3 is 2.36 bits per heavy atom. The van der Waals surface area contributed by atoms with Crippen molar-refractivity contribution in [2.75, 3.05) is 19.3 Å². The molecule has 1 saturated heterocycles. The van der Waals surface area contributed by atoms with Crippen LogP contribution in [0.2, 0.25) is 0 Å². The Bertz CT molecular complexity index is 827. The van der Waals surface area contributed by atoms with Crippen LogP contribution in [-0.2, 0) is 15.4 Å². The van der Waals surface area contributed by atoms with E-state index in [0.29, 0.717) is 0 Å². The highest BCUT2D eigenvalue weighted by atomic mass is 32.2. The quantitative estimate of drug-likeness (QED) is 0.805. The summed E-state index contributed by atoms with van der Waals surface area (Å²) in [6, 6.07) is 9.36. The summed E-state index contributed by atoms with van der Waals surface area (Å²) in [6.45, 7) is 2.42. The van der Waals surface area contributed by atoms with Gasteiger partial charge in [-0.2, -0.15) is 0 Å². The second-order valence-corrected chi connectivity index (χ2v) is 11.8. The SMILES string of the molecule is CS(=O)(=O)N[C@H]1CCC2(CCN(C3CC4CC[C@H](C4)C3)CC2)c2ccccc21.[HH].[HH]. The fourth-order valence-corrected chi connectivity index (χ4v) is 7.74. The first kappa shape index (κ1) is 19.1. The summed E-state index contributed by atoms with van der Waals surface area (Å²) in [5, 5.41) is 0. The third-order valence-corrected chi connectivity index (χ3v) is 9.02. The Morgan fingerprint density at radius 2 is 1.68 bits per heavy atom. The van der Waals surface area contributed by atoms with Gasteiger partial charge in [-0.25, -0.2) is 13.1 Å². The minimum atomic E-state index is -3.19. The molecule has 0 aromatic heterocycles. The van der Waals surface area contributed by atoms with Crippen molar-refractivity contribution in [2.45, 2.75) is 75.3 Å². The van der Waals surface area contributed by atoms with Gasteiger partial charge in [-0.3, -0.25) is 0 Å². The van der Waals surface area contributed by atoms with Gasteiger partial charge in [0.05, 0.1) is 6.26 Å². The molecule has 4 nitrogen and oxygen atoms in total. The van der Waals surface area contributed by atoms with E-state index in [-0.39, 0.29) is 14.3 Å². The molecule has 5 rings (SSSR count). The lowest BCUT2D eigenvalue weighted by molar-refractivity contribution is 0.0679. The van der Waals surface area contributed by atoms with Crippen molar-refractivity contribution < 1.29 is 11.3 Å². The standard InChI is InChI=1S/C23H34N2O2S.2H2/c1-28(26,27)24-22-8-9-23(21-5-3-2-4-20(21)22)10-12-25(13-11-23)19-15-17-6-7-18(14-17)16-19;;/h2-5,17-19,22,24H,6-16H2,1H3;2*1H/t17-,18?,19?,22+;;/m1../s1. The average molecular weight is 407 g/mol. The average Bonchev–Trinajstić information content (AvgIpc) is 3.02. The van der Waals surface area contributed by atoms with Gasteiger partial charge in [0.1, 0.15) is 0 Å². The van der Waals surface area contributed by atoms with Crippen LogP contribution in [0.5, 0.6) is 0 Å². The molecule has 2 bridgehead atoms. The zero-order chi connectivity index (χ0) is 19.4. The minimum Gasteiger partial charge on any atom is -0.300 e. The molecule has 0 radical (unpaired) electrons. The third-order valence-electron chi connectivity index (χ3n) is 8.31. The van der Waals surface area contributed by atoms with Crippen LogP contribution in [0.15, 0.2) is 24.3 Å². The molecule has 1 aromatic rings. The topological polar surface area (TPSA) is 49.4 Å². The van der Waals surface area contributed by atoms with Crippen molar-refractivity contribution in [1.82, 2.24) is 9.62 Å². The second kappa shape index (κ2) is 7.10. The summed E-state index contributed by atoms with van der Waals surface area (Å²) >= 11 is 0. The molecule has 3 aliphatic carbocycles. The molecule has 1 N–H and O–H groups in total. The number of nitrogens with zero attached hydrogens (tertiary/aromatic N) is 1. The summed E-state index contributed by atoms with van der Waals surface area (Å²) in [6.07, 6.45) is 13.0. The van der Waals surface area contributed by atoms with Crippen molar-refractivity contribution in [3.8, 4) is 0 Å². The molecule has 158 valence electrons. The molecule has 5 heteroatoms. The normalized spacial score (nSPS) is 35.0. The van der Waals surface area contributed by atoms with E-state index in [4.69, 9.17) is 0 Å². The van der Waals surface area contributed by atoms with Gasteiger partial charge < -0.3 is 4.90 Å². The predicted molar refractivity (Wildman–Crippen MR) is 117 cm³/mol. The van der Waals surface area contributed by atoms with E-state index < -0.39 is 10.0 Å². The summed E-state index contributed by atoms with van der Waals surface area (Å²) in [7, 11) is -3.19. The van der Waals surface area contributed by atoms with Gasteiger partial charge in [-0.15, -0.1) is 0 Å². The molecule has 3 fully saturated rings. The monoisotopic (exact) mass is 406 g/mol. The molecule has 1 heterocycles. The van der Waals surface area contributed by atoms with Crippen molar-refractivity contribution in [3.05, 3.63) is 35.4 Å². The fourth-order valence-electron chi connectivity index (χ4n) is 6.98. The molecule has 2 unspecified atom stereocenters. The number of rotatable bonds is 3. The zero-order valence-electron chi connectivity index (χ0n) is 17.1. The van der Waals surface area contributed by atoms with Gasteiger partial charge in [0.15, 0.2) is 0 Å². The maximum Gasteiger partial charge on any atom is 0.209 e. The highest BCUT2D eigenvalue weighted by molar-refractivity contribution is 7.88.